The van der Waals surface area contributed by atoms with Gasteiger partial charge in [0.05, 0.1) is 11.3 Å². The Labute approximate surface area is 141 Å². The third-order valence-electron chi connectivity index (χ3n) is 4.24. The van der Waals surface area contributed by atoms with Crippen molar-refractivity contribution in [2.75, 3.05) is 18.4 Å². The van der Waals surface area contributed by atoms with E-state index in [1.807, 2.05) is 17.0 Å². The molecule has 1 aromatic heterocycles. The van der Waals surface area contributed by atoms with E-state index in [4.69, 9.17) is 0 Å². The smallest absolute Gasteiger partial charge is 0.255 e. The molecule has 0 unspecified atom stereocenters. The van der Waals surface area contributed by atoms with Gasteiger partial charge < -0.3 is 10.2 Å². The normalized spacial score (nSPS) is 14.8. The summed E-state index contributed by atoms with van der Waals surface area (Å²) in [7, 11) is 0. The number of hydrogen-bond donors (Lipinski definition) is 1. The van der Waals surface area contributed by atoms with Crippen molar-refractivity contribution >= 4 is 17.5 Å². The van der Waals surface area contributed by atoms with Crippen molar-refractivity contribution in [3.05, 3.63) is 59.9 Å². The number of aromatic nitrogens is 1. The zero-order valence-corrected chi connectivity index (χ0v) is 13.6. The van der Waals surface area contributed by atoms with E-state index < -0.39 is 0 Å². The third kappa shape index (κ3) is 3.79. The number of carbonyl (C=O) groups excluding carboxylic acids is 2. The fourth-order valence-corrected chi connectivity index (χ4v) is 2.92. The Hall–Kier alpha value is -2.69. The second-order valence-electron chi connectivity index (χ2n) is 5.94. The highest BCUT2D eigenvalue weighted by Gasteiger charge is 2.20. The van der Waals surface area contributed by atoms with Crippen LogP contribution in [0.25, 0.3) is 0 Å². The van der Waals surface area contributed by atoms with E-state index >= 15 is 0 Å². The van der Waals surface area contributed by atoms with Crippen molar-refractivity contribution in [1.82, 2.24) is 9.88 Å². The van der Waals surface area contributed by atoms with Crippen molar-refractivity contribution in [3.8, 4) is 0 Å². The first-order valence-electron chi connectivity index (χ1n) is 8.35. The molecular formula is C19H21N3O2. The summed E-state index contributed by atoms with van der Waals surface area (Å²) < 4.78 is 0. The molecule has 5 nitrogen and oxygen atoms in total. The average Bonchev–Trinajstić information content (AvgIpc) is 2.92. The molecule has 1 fully saturated rings. The first-order valence-corrected chi connectivity index (χ1v) is 8.35. The van der Waals surface area contributed by atoms with Gasteiger partial charge in [-0.1, -0.05) is 25.0 Å². The number of pyridine rings is 1. The molecule has 24 heavy (non-hydrogen) atoms. The largest absolute Gasteiger partial charge is 0.339 e. The molecule has 0 saturated carbocycles. The second-order valence-corrected chi connectivity index (χ2v) is 5.94. The van der Waals surface area contributed by atoms with Crippen LogP contribution in [0.15, 0.2) is 48.8 Å². The number of amides is 2. The molecule has 2 aromatic rings. The summed E-state index contributed by atoms with van der Waals surface area (Å²) in [5.74, 6) is -0.254. The Morgan fingerprint density at radius 3 is 2.29 bits per heavy atom. The van der Waals surface area contributed by atoms with Gasteiger partial charge in [0.15, 0.2) is 0 Å². The van der Waals surface area contributed by atoms with E-state index in [9.17, 15) is 9.59 Å². The minimum absolute atomic E-state index is 0.0115. The maximum Gasteiger partial charge on any atom is 0.255 e. The molecule has 1 aliphatic rings. The van der Waals surface area contributed by atoms with Crippen LogP contribution in [0, 0.1) is 0 Å². The summed E-state index contributed by atoms with van der Waals surface area (Å²) >= 11 is 0. The Morgan fingerprint density at radius 1 is 0.917 bits per heavy atom. The van der Waals surface area contributed by atoms with E-state index in [1.165, 1.54) is 12.8 Å². The topological polar surface area (TPSA) is 62.3 Å². The first kappa shape index (κ1) is 16.2. The van der Waals surface area contributed by atoms with Crippen LogP contribution in [0.2, 0.25) is 0 Å². The number of anilines is 1. The quantitative estimate of drug-likeness (QED) is 0.942. The molecule has 2 heterocycles. The number of nitrogens with zero attached hydrogens (tertiary/aromatic N) is 2. The summed E-state index contributed by atoms with van der Waals surface area (Å²) in [6, 6.07) is 10.5. The second kappa shape index (κ2) is 7.73. The number of rotatable bonds is 3. The molecule has 1 saturated heterocycles. The summed E-state index contributed by atoms with van der Waals surface area (Å²) in [5, 5.41) is 2.85. The third-order valence-corrected chi connectivity index (χ3v) is 4.24. The van der Waals surface area contributed by atoms with Crippen molar-refractivity contribution in [3.63, 3.8) is 0 Å². The van der Waals surface area contributed by atoms with Gasteiger partial charge in [0.1, 0.15) is 0 Å². The summed E-state index contributed by atoms with van der Waals surface area (Å²) in [4.78, 5) is 31.0. The molecule has 1 N–H and O–H groups in total. The number of hydrogen-bond acceptors (Lipinski definition) is 3. The van der Waals surface area contributed by atoms with E-state index in [-0.39, 0.29) is 11.8 Å². The number of para-hydroxylation sites is 1. The lowest BCUT2D eigenvalue weighted by atomic mass is 10.1. The highest BCUT2D eigenvalue weighted by Crippen LogP contribution is 2.20. The van der Waals surface area contributed by atoms with Gasteiger partial charge in [-0.15, -0.1) is 0 Å². The van der Waals surface area contributed by atoms with E-state index in [0.29, 0.717) is 16.8 Å². The molecule has 0 atom stereocenters. The van der Waals surface area contributed by atoms with Crippen LogP contribution in [0.1, 0.15) is 46.4 Å². The molecule has 5 heteroatoms. The first-order chi connectivity index (χ1) is 11.8. The Bertz CT molecular complexity index is 708. The molecule has 3 rings (SSSR count). The van der Waals surface area contributed by atoms with Gasteiger partial charge in [-0.25, -0.2) is 0 Å². The van der Waals surface area contributed by atoms with Gasteiger partial charge in [0.2, 0.25) is 0 Å². The van der Waals surface area contributed by atoms with Crippen LogP contribution < -0.4 is 5.32 Å². The number of carbonyl (C=O) groups is 2. The van der Waals surface area contributed by atoms with Crippen LogP contribution in [-0.4, -0.2) is 34.8 Å². The molecule has 1 aromatic carbocycles. The number of benzene rings is 1. The zero-order chi connectivity index (χ0) is 16.8. The van der Waals surface area contributed by atoms with E-state index in [1.54, 1.807) is 36.7 Å². The predicted molar refractivity (Wildman–Crippen MR) is 93.0 cm³/mol. The Kier molecular flexibility index (Phi) is 5.21. The highest BCUT2D eigenvalue weighted by molar-refractivity contribution is 6.08. The number of likely N-dealkylation sites (tertiary alicyclic amines) is 1. The maximum atomic E-state index is 12.9. The van der Waals surface area contributed by atoms with Crippen LogP contribution in [-0.2, 0) is 0 Å². The van der Waals surface area contributed by atoms with Gasteiger partial charge in [0, 0.05) is 31.0 Å². The lowest BCUT2D eigenvalue weighted by molar-refractivity contribution is 0.0762. The van der Waals surface area contributed by atoms with Gasteiger partial charge in [-0.2, -0.15) is 0 Å². The summed E-state index contributed by atoms with van der Waals surface area (Å²) in [5.41, 5.74) is 1.61. The fourth-order valence-electron chi connectivity index (χ4n) is 2.92. The molecule has 2 amide bonds. The lowest BCUT2D eigenvalue weighted by Gasteiger charge is -2.22. The van der Waals surface area contributed by atoms with Crippen molar-refractivity contribution in [2.45, 2.75) is 25.7 Å². The van der Waals surface area contributed by atoms with Crippen molar-refractivity contribution in [2.24, 2.45) is 0 Å². The van der Waals surface area contributed by atoms with Crippen LogP contribution in [0.3, 0.4) is 0 Å². The summed E-state index contributed by atoms with van der Waals surface area (Å²) in [6.45, 7) is 1.57. The molecule has 124 valence electrons. The SMILES string of the molecule is O=C(Nc1ccccc1C(=O)N1CCCCCC1)c1ccncc1. The van der Waals surface area contributed by atoms with Gasteiger partial charge in [0.25, 0.3) is 11.8 Å². The van der Waals surface area contributed by atoms with Gasteiger partial charge in [-0.3, -0.25) is 14.6 Å². The molecule has 0 radical (unpaired) electrons. The molecule has 0 bridgehead atoms. The molecule has 1 aliphatic heterocycles. The molecule has 0 aliphatic carbocycles. The van der Waals surface area contributed by atoms with Gasteiger partial charge >= 0.3 is 0 Å². The van der Waals surface area contributed by atoms with Crippen molar-refractivity contribution in [1.29, 1.82) is 0 Å². The minimum Gasteiger partial charge on any atom is -0.339 e. The van der Waals surface area contributed by atoms with Crippen molar-refractivity contribution < 1.29 is 9.59 Å². The molecule has 0 spiro atoms. The monoisotopic (exact) mass is 323 g/mol. The fraction of sp³-hybridized carbons (Fsp3) is 0.316. The van der Waals surface area contributed by atoms with E-state index in [0.717, 1.165) is 25.9 Å². The highest BCUT2D eigenvalue weighted by atomic mass is 16.2. The average molecular weight is 323 g/mol. The van der Waals surface area contributed by atoms with E-state index in [2.05, 4.69) is 10.3 Å². The standard InChI is InChI=1S/C19H21N3O2/c23-18(15-9-11-20-12-10-15)21-17-8-4-3-7-16(17)19(24)22-13-5-1-2-6-14-22/h3-4,7-12H,1-2,5-6,13-14H2,(H,21,23). The van der Waals surface area contributed by atoms with Gasteiger partial charge in [-0.05, 0) is 37.1 Å². The van der Waals surface area contributed by atoms with Crippen LogP contribution in [0.4, 0.5) is 5.69 Å². The zero-order valence-electron chi connectivity index (χ0n) is 13.6. The minimum atomic E-state index is -0.242. The number of nitrogens with one attached hydrogen (secondary N) is 1. The predicted octanol–water partition coefficient (Wildman–Crippen LogP) is 3.35. The maximum absolute atomic E-state index is 12.9. The lowest BCUT2D eigenvalue weighted by Crippen LogP contribution is -2.32. The molecular weight excluding hydrogens is 302 g/mol. The Balaban J connectivity index is 1.80. The Morgan fingerprint density at radius 2 is 1.58 bits per heavy atom. The van der Waals surface area contributed by atoms with Crippen LogP contribution >= 0.6 is 0 Å². The summed E-state index contributed by atoms with van der Waals surface area (Å²) in [6.07, 6.45) is 7.56. The van der Waals surface area contributed by atoms with Crippen LogP contribution in [0.5, 0.6) is 0 Å².